The molecule has 0 aliphatic heterocycles. The van der Waals surface area contributed by atoms with Crippen molar-refractivity contribution < 1.29 is 15.1 Å². The molecule has 0 bridgehead atoms. The second-order valence-electron chi connectivity index (χ2n) is 4.28. The Kier molecular flexibility index (Phi) is 5.00. The largest absolute Gasteiger partial charge is 0.507 e. The number of halogens is 1. The highest BCUT2D eigenvalue weighted by Crippen LogP contribution is 2.23. The molecule has 0 aliphatic carbocycles. The molecule has 0 atom stereocenters. The van der Waals surface area contributed by atoms with Crippen molar-refractivity contribution in [1.82, 2.24) is 4.90 Å². The molecule has 0 heterocycles. The van der Waals surface area contributed by atoms with Crippen molar-refractivity contribution in [2.45, 2.75) is 19.9 Å². The first kappa shape index (κ1) is 15.1. The highest BCUT2D eigenvalue weighted by molar-refractivity contribution is 6.30. The van der Waals surface area contributed by atoms with E-state index in [1.54, 1.807) is 13.8 Å². The standard InChI is InChI=1S/C12H16ClN3O3/c1-7(2)16(6-11(14)15-19)12(18)9-4-3-8(13)5-10(9)17/h3-5,7,17,19H,6H2,1-2H3,(H2,14,15). The number of phenolic OH excluding ortho intramolecular Hbond substituents is 1. The maximum atomic E-state index is 12.3. The van der Waals surface area contributed by atoms with Gasteiger partial charge < -0.3 is 20.9 Å². The summed E-state index contributed by atoms with van der Waals surface area (Å²) < 4.78 is 0. The summed E-state index contributed by atoms with van der Waals surface area (Å²) in [6.45, 7) is 3.54. The quantitative estimate of drug-likeness (QED) is 0.339. The summed E-state index contributed by atoms with van der Waals surface area (Å²) >= 11 is 5.71. The highest BCUT2D eigenvalue weighted by atomic mass is 35.5. The lowest BCUT2D eigenvalue weighted by atomic mass is 10.1. The summed E-state index contributed by atoms with van der Waals surface area (Å²) in [6.07, 6.45) is 0. The van der Waals surface area contributed by atoms with Crippen LogP contribution in [0.4, 0.5) is 0 Å². The van der Waals surface area contributed by atoms with Crippen LogP contribution in [0.3, 0.4) is 0 Å². The molecule has 0 spiro atoms. The zero-order valence-electron chi connectivity index (χ0n) is 10.7. The minimum atomic E-state index is -0.421. The van der Waals surface area contributed by atoms with Crippen molar-refractivity contribution in [2.24, 2.45) is 10.9 Å². The van der Waals surface area contributed by atoms with Gasteiger partial charge in [0.25, 0.3) is 5.91 Å². The van der Waals surface area contributed by atoms with Crippen molar-refractivity contribution >= 4 is 23.3 Å². The fourth-order valence-electron chi connectivity index (χ4n) is 1.54. The van der Waals surface area contributed by atoms with Crippen LogP contribution in [-0.4, -0.2) is 39.5 Å². The van der Waals surface area contributed by atoms with Gasteiger partial charge in [0.2, 0.25) is 0 Å². The Balaban J connectivity index is 3.06. The molecule has 6 nitrogen and oxygen atoms in total. The average molecular weight is 286 g/mol. The topological polar surface area (TPSA) is 99.1 Å². The Morgan fingerprint density at radius 1 is 1.53 bits per heavy atom. The van der Waals surface area contributed by atoms with Gasteiger partial charge in [-0.2, -0.15) is 0 Å². The fourth-order valence-corrected chi connectivity index (χ4v) is 1.70. The molecular weight excluding hydrogens is 270 g/mol. The maximum Gasteiger partial charge on any atom is 0.258 e. The summed E-state index contributed by atoms with van der Waals surface area (Å²) in [4.78, 5) is 13.7. The number of hydrogen-bond acceptors (Lipinski definition) is 4. The third kappa shape index (κ3) is 3.75. The molecule has 0 saturated heterocycles. The molecule has 0 saturated carbocycles. The third-order valence-corrected chi connectivity index (χ3v) is 2.77. The zero-order valence-corrected chi connectivity index (χ0v) is 11.4. The molecule has 4 N–H and O–H groups in total. The first-order valence-corrected chi connectivity index (χ1v) is 6.00. The lowest BCUT2D eigenvalue weighted by Gasteiger charge is -2.26. The third-order valence-electron chi connectivity index (χ3n) is 2.54. The minimum Gasteiger partial charge on any atom is -0.507 e. The number of nitrogens with zero attached hydrogens (tertiary/aromatic N) is 2. The molecule has 0 aliphatic rings. The second kappa shape index (κ2) is 6.29. The van der Waals surface area contributed by atoms with Crippen LogP contribution in [-0.2, 0) is 0 Å². The Bertz CT molecular complexity index is 503. The van der Waals surface area contributed by atoms with Gasteiger partial charge in [0.1, 0.15) is 5.75 Å². The van der Waals surface area contributed by atoms with Crippen LogP contribution in [0.5, 0.6) is 5.75 Å². The SMILES string of the molecule is CC(C)N(CC(N)=NO)C(=O)c1ccc(Cl)cc1O. The van der Waals surface area contributed by atoms with Gasteiger partial charge >= 0.3 is 0 Å². The zero-order chi connectivity index (χ0) is 14.6. The van der Waals surface area contributed by atoms with E-state index in [-0.39, 0.29) is 29.7 Å². The van der Waals surface area contributed by atoms with Gasteiger partial charge in [0, 0.05) is 11.1 Å². The van der Waals surface area contributed by atoms with E-state index in [2.05, 4.69) is 5.16 Å². The summed E-state index contributed by atoms with van der Waals surface area (Å²) in [5.74, 6) is -0.714. The number of aromatic hydroxyl groups is 1. The van der Waals surface area contributed by atoms with E-state index in [1.807, 2.05) is 0 Å². The molecule has 0 fully saturated rings. The number of amides is 1. The van der Waals surface area contributed by atoms with Gasteiger partial charge in [-0.1, -0.05) is 16.8 Å². The number of benzene rings is 1. The van der Waals surface area contributed by atoms with Gasteiger partial charge in [-0.3, -0.25) is 4.79 Å². The summed E-state index contributed by atoms with van der Waals surface area (Å²) in [5, 5.41) is 21.5. The Morgan fingerprint density at radius 2 is 2.16 bits per heavy atom. The monoisotopic (exact) mass is 285 g/mol. The smallest absolute Gasteiger partial charge is 0.258 e. The Hall–Kier alpha value is -1.95. The molecule has 19 heavy (non-hydrogen) atoms. The lowest BCUT2D eigenvalue weighted by Crippen LogP contribution is -2.42. The van der Waals surface area contributed by atoms with Gasteiger partial charge in [-0.15, -0.1) is 0 Å². The van der Waals surface area contributed by atoms with Crippen molar-refractivity contribution in [1.29, 1.82) is 0 Å². The Morgan fingerprint density at radius 3 is 2.63 bits per heavy atom. The number of phenols is 1. The molecule has 1 amide bonds. The van der Waals surface area contributed by atoms with Crippen molar-refractivity contribution in [3.8, 4) is 5.75 Å². The maximum absolute atomic E-state index is 12.3. The van der Waals surface area contributed by atoms with Gasteiger partial charge in [0.15, 0.2) is 5.84 Å². The summed E-state index contributed by atoms with van der Waals surface area (Å²) in [5.41, 5.74) is 5.53. The van der Waals surface area contributed by atoms with E-state index < -0.39 is 5.91 Å². The van der Waals surface area contributed by atoms with Crippen LogP contribution in [0.1, 0.15) is 24.2 Å². The number of hydrogen-bond donors (Lipinski definition) is 3. The van der Waals surface area contributed by atoms with E-state index >= 15 is 0 Å². The summed E-state index contributed by atoms with van der Waals surface area (Å²) in [6, 6.07) is 4.05. The first-order valence-electron chi connectivity index (χ1n) is 5.62. The number of amidine groups is 1. The van der Waals surface area contributed by atoms with Crippen molar-refractivity contribution in [3.63, 3.8) is 0 Å². The molecule has 0 radical (unpaired) electrons. The van der Waals surface area contributed by atoms with Gasteiger partial charge in [-0.05, 0) is 32.0 Å². The predicted molar refractivity (Wildman–Crippen MR) is 72.7 cm³/mol. The number of carbonyl (C=O) groups excluding carboxylic acids is 1. The molecule has 1 aromatic rings. The van der Waals surface area contributed by atoms with Crippen LogP contribution >= 0.6 is 11.6 Å². The normalized spacial score (nSPS) is 11.7. The number of carbonyl (C=O) groups is 1. The highest BCUT2D eigenvalue weighted by Gasteiger charge is 2.22. The van der Waals surface area contributed by atoms with E-state index in [0.717, 1.165) is 0 Å². The van der Waals surface area contributed by atoms with Gasteiger partial charge in [-0.25, -0.2) is 0 Å². The average Bonchev–Trinajstić information content (AvgIpc) is 2.34. The van der Waals surface area contributed by atoms with Crippen LogP contribution in [0, 0.1) is 0 Å². The van der Waals surface area contributed by atoms with Crippen LogP contribution < -0.4 is 5.73 Å². The lowest BCUT2D eigenvalue weighted by molar-refractivity contribution is 0.0731. The molecule has 7 heteroatoms. The van der Waals surface area contributed by atoms with Crippen molar-refractivity contribution in [2.75, 3.05) is 6.54 Å². The van der Waals surface area contributed by atoms with Crippen molar-refractivity contribution in [3.05, 3.63) is 28.8 Å². The van der Waals surface area contributed by atoms with Gasteiger partial charge in [0.05, 0.1) is 12.1 Å². The van der Waals surface area contributed by atoms with E-state index in [1.165, 1.54) is 23.1 Å². The molecule has 1 aromatic carbocycles. The predicted octanol–water partition coefficient (Wildman–Crippen LogP) is 1.64. The fraction of sp³-hybridized carbons (Fsp3) is 0.333. The molecular formula is C12H16ClN3O3. The molecule has 104 valence electrons. The molecule has 0 unspecified atom stereocenters. The second-order valence-corrected chi connectivity index (χ2v) is 4.72. The number of oxime groups is 1. The molecule has 0 aromatic heterocycles. The van der Waals surface area contributed by atoms with E-state index in [9.17, 15) is 9.90 Å². The number of nitrogens with two attached hydrogens (primary N) is 1. The van der Waals surface area contributed by atoms with E-state index in [0.29, 0.717) is 5.02 Å². The number of rotatable bonds is 4. The molecule has 1 rings (SSSR count). The first-order chi connectivity index (χ1) is 8.86. The van der Waals surface area contributed by atoms with E-state index in [4.69, 9.17) is 22.5 Å². The van der Waals surface area contributed by atoms with Crippen LogP contribution in [0.15, 0.2) is 23.4 Å². The Labute approximate surface area is 116 Å². The minimum absolute atomic E-state index is 0.0327. The van der Waals surface area contributed by atoms with Crippen LogP contribution in [0.25, 0.3) is 0 Å². The van der Waals surface area contributed by atoms with Crippen LogP contribution in [0.2, 0.25) is 5.02 Å². The summed E-state index contributed by atoms with van der Waals surface area (Å²) in [7, 11) is 0.